The van der Waals surface area contributed by atoms with Gasteiger partial charge in [0.05, 0.1) is 12.7 Å². The number of rotatable bonds is 7. The second kappa shape index (κ2) is 8.65. The van der Waals surface area contributed by atoms with Crippen molar-refractivity contribution < 1.29 is 4.74 Å². The number of pyridine rings is 1. The van der Waals surface area contributed by atoms with Crippen LogP contribution in [0.25, 0.3) is 0 Å². The van der Waals surface area contributed by atoms with Crippen LogP contribution in [-0.4, -0.2) is 41.8 Å². The number of aryl methyl sites for hydroxylation is 1. The molecule has 0 bridgehead atoms. The molecule has 3 nitrogen and oxygen atoms in total. The van der Waals surface area contributed by atoms with Gasteiger partial charge in [0.2, 0.25) is 0 Å². The normalized spacial score (nSPS) is 20.8. The van der Waals surface area contributed by atoms with Crippen LogP contribution in [0.15, 0.2) is 18.3 Å². The summed E-state index contributed by atoms with van der Waals surface area (Å²) in [6.45, 7) is 6.29. The van der Waals surface area contributed by atoms with Crippen molar-refractivity contribution in [2.75, 3.05) is 24.7 Å². The van der Waals surface area contributed by atoms with Gasteiger partial charge in [-0.05, 0) is 31.0 Å². The van der Waals surface area contributed by atoms with E-state index < -0.39 is 0 Å². The molecule has 2 heterocycles. The lowest BCUT2D eigenvalue weighted by Crippen LogP contribution is -2.46. The second-order valence-electron chi connectivity index (χ2n) is 5.26. The minimum Gasteiger partial charge on any atom is -0.375 e. The average Bonchev–Trinajstić information content (AvgIpc) is 2.53. The molecule has 2 unspecified atom stereocenters. The van der Waals surface area contributed by atoms with Crippen molar-refractivity contribution in [1.82, 2.24) is 10.3 Å². The molecule has 0 amide bonds. The van der Waals surface area contributed by atoms with Crippen molar-refractivity contribution >= 4 is 11.8 Å². The summed E-state index contributed by atoms with van der Waals surface area (Å²) in [5.74, 6) is 2.22. The number of hydrogen-bond donors (Lipinski definition) is 1. The molecular formula is C16H26N2OS. The highest BCUT2D eigenvalue weighted by Crippen LogP contribution is 2.18. The van der Waals surface area contributed by atoms with Crippen LogP contribution in [0, 0.1) is 0 Å². The highest BCUT2D eigenvalue weighted by Gasteiger charge is 2.24. The van der Waals surface area contributed by atoms with Crippen LogP contribution in [0.5, 0.6) is 0 Å². The Morgan fingerprint density at radius 1 is 1.45 bits per heavy atom. The van der Waals surface area contributed by atoms with Crippen molar-refractivity contribution in [2.24, 2.45) is 0 Å². The summed E-state index contributed by atoms with van der Waals surface area (Å²) in [5, 5.41) is 3.64. The third-order valence-corrected chi connectivity index (χ3v) is 4.69. The quantitative estimate of drug-likeness (QED) is 0.838. The standard InChI is InChI=1S/C16H26N2OS/c1-3-7-17-15(16-12-20-9-8-19-16)10-14-6-5-13(4-2)11-18-14/h5-6,11,15-17H,3-4,7-10,12H2,1-2H3. The minimum absolute atomic E-state index is 0.313. The molecule has 20 heavy (non-hydrogen) atoms. The summed E-state index contributed by atoms with van der Waals surface area (Å²) in [7, 11) is 0. The van der Waals surface area contributed by atoms with Crippen LogP contribution in [0.1, 0.15) is 31.5 Å². The SMILES string of the molecule is CCCNC(Cc1ccc(CC)cn1)C1CSCCO1. The molecule has 0 aromatic carbocycles. The Bertz CT molecular complexity index is 377. The first kappa shape index (κ1) is 15.8. The molecule has 1 aromatic rings. The molecule has 1 aromatic heterocycles. The molecule has 1 fully saturated rings. The zero-order valence-corrected chi connectivity index (χ0v) is 13.4. The van der Waals surface area contributed by atoms with Crippen LogP contribution in [0.4, 0.5) is 0 Å². The van der Waals surface area contributed by atoms with Gasteiger partial charge >= 0.3 is 0 Å². The highest BCUT2D eigenvalue weighted by atomic mass is 32.2. The van der Waals surface area contributed by atoms with E-state index in [0.717, 1.165) is 49.6 Å². The third-order valence-electron chi connectivity index (χ3n) is 3.67. The molecular weight excluding hydrogens is 268 g/mol. The van der Waals surface area contributed by atoms with E-state index >= 15 is 0 Å². The van der Waals surface area contributed by atoms with Gasteiger partial charge in [0, 0.05) is 35.9 Å². The van der Waals surface area contributed by atoms with Crippen molar-refractivity contribution in [3.8, 4) is 0 Å². The number of ether oxygens (including phenoxy) is 1. The van der Waals surface area contributed by atoms with Gasteiger partial charge in [-0.25, -0.2) is 0 Å². The fraction of sp³-hybridized carbons (Fsp3) is 0.688. The summed E-state index contributed by atoms with van der Waals surface area (Å²) in [6, 6.07) is 4.73. The summed E-state index contributed by atoms with van der Waals surface area (Å²) in [6.07, 6.45) is 5.47. The van der Waals surface area contributed by atoms with E-state index in [1.807, 2.05) is 18.0 Å². The van der Waals surface area contributed by atoms with E-state index in [1.165, 1.54) is 5.56 Å². The fourth-order valence-electron chi connectivity index (χ4n) is 2.41. The second-order valence-corrected chi connectivity index (χ2v) is 6.41. The first-order valence-electron chi connectivity index (χ1n) is 7.70. The van der Waals surface area contributed by atoms with Crippen molar-refractivity contribution in [3.63, 3.8) is 0 Å². The molecule has 2 rings (SSSR count). The number of thioether (sulfide) groups is 1. The number of hydrogen-bond acceptors (Lipinski definition) is 4. The Balaban J connectivity index is 1.97. The minimum atomic E-state index is 0.313. The molecule has 2 atom stereocenters. The van der Waals surface area contributed by atoms with Gasteiger partial charge in [0.25, 0.3) is 0 Å². The topological polar surface area (TPSA) is 34.2 Å². The average molecular weight is 294 g/mol. The Morgan fingerprint density at radius 3 is 2.95 bits per heavy atom. The van der Waals surface area contributed by atoms with Crippen molar-refractivity contribution in [2.45, 2.75) is 45.3 Å². The van der Waals surface area contributed by atoms with Crippen LogP contribution in [0.2, 0.25) is 0 Å². The predicted molar refractivity (Wildman–Crippen MR) is 86.5 cm³/mol. The molecule has 1 N–H and O–H groups in total. The van der Waals surface area contributed by atoms with Gasteiger partial charge in [0.1, 0.15) is 0 Å². The van der Waals surface area contributed by atoms with E-state index in [0.29, 0.717) is 12.1 Å². The van der Waals surface area contributed by atoms with Gasteiger partial charge in [0.15, 0.2) is 0 Å². The molecule has 0 saturated carbocycles. The summed E-state index contributed by atoms with van der Waals surface area (Å²) >= 11 is 2.00. The number of aromatic nitrogens is 1. The molecule has 1 saturated heterocycles. The summed E-state index contributed by atoms with van der Waals surface area (Å²) in [5.41, 5.74) is 2.46. The summed E-state index contributed by atoms with van der Waals surface area (Å²) < 4.78 is 5.94. The van der Waals surface area contributed by atoms with Gasteiger partial charge < -0.3 is 10.1 Å². The first-order valence-corrected chi connectivity index (χ1v) is 8.85. The zero-order valence-electron chi connectivity index (χ0n) is 12.6. The molecule has 0 radical (unpaired) electrons. The number of nitrogens with one attached hydrogen (secondary N) is 1. The zero-order chi connectivity index (χ0) is 14.2. The molecule has 1 aliphatic rings. The van der Waals surface area contributed by atoms with E-state index in [1.54, 1.807) is 0 Å². The lowest BCUT2D eigenvalue weighted by molar-refractivity contribution is 0.0469. The monoisotopic (exact) mass is 294 g/mol. The Hall–Kier alpha value is -0.580. The highest BCUT2D eigenvalue weighted by molar-refractivity contribution is 7.99. The Morgan fingerprint density at radius 2 is 2.35 bits per heavy atom. The Labute approximate surface area is 126 Å². The predicted octanol–water partition coefficient (Wildman–Crippen LogP) is 2.69. The molecule has 1 aliphatic heterocycles. The smallest absolute Gasteiger partial charge is 0.0822 e. The maximum Gasteiger partial charge on any atom is 0.0822 e. The van der Waals surface area contributed by atoms with E-state index in [4.69, 9.17) is 4.74 Å². The van der Waals surface area contributed by atoms with Gasteiger partial charge in [-0.3, -0.25) is 4.98 Å². The van der Waals surface area contributed by atoms with Crippen LogP contribution >= 0.6 is 11.8 Å². The van der Waals surface area contributed by atoms with E-state index in [2.05, 4.69) is 36.3 Å². The van der Waals surface area contributed by atoms with Gasteiger partial charge in [-0.15, -0.1) is 0 Å². The summed E-state index contributed by atoms with van der Waals surface area (Å²) in [4.78, 5) is 4.59. The van der Waals surface area contributed by atoms with Crippen LogP contribution in [-0.2, 0) is 17.6 Å². The number of nitrogens with zero attached hydrogens (tertiary/aromatic N) is 1. The van der Waals surface area contributed by atoms with Crippen LogP contribution in [0.3, 0.4) is 0 Å². The molecule has 112 valence electrons. The van der Waals surface area contributed by atoms with Crippen LogP contribution < -0.4 is 5.32 Å². The van der Waals surface area contributed by atoms with Crippen molar-refractivity contribution in [3.05, 3.63) is 29.6 Å². The third kappa shape index (κ3) is 4.76. The van der Waals surface area contributed by atoms with Crippen molar-refractivity contribution in [1.29, 1.82) is 0 Å². The molecule has 4 heteroatoms. The van der Waals surface area contributed by atoms with Gasteiger partial charge in [-0.2, -0.15) is 11.8 Å². The molecule has 0 spiro atoms. The first-order chi connectivity index (χ1) is 9.83. The Kier molecular flexibility index (Phi) is 6.83. The van der Waals surface area contributed by atoms with Gasteiger partial charge in [-0.1, -0.05) is 19.9 Å². The fourth-order valence-corrected chi connectivity index (χ4v) is 3.36. The maximum absolute atomic E-state index is 5.94. The van der Waals surface area contributed by atoms with E-state index in [-0.39, 0.29) is 0 Å². The molecule has 0 aliphatic carbocycles. The lowest BCUT2D eigenvalue weighted by Gasteiger charge is -2.31. The van der Waals surface area contributed by atoms with E-state index in [9.17, 15) is 0 Å². The lowest BCUT2D eigenvalue weighted by atomic mass is 10.0. The maximum atomic E-state index is 5.94. The largest absolute Gasteiger partial charge is 0.375 e.